The molecule has 1 aromatic carbocycles. The Labute approximate surface area is 301 Å². The number of allylic oxidation sites excluding steroid dienone is 1. The molecule has 0 unspecified atom stereocenters. The van der Waals surface area contributed by atoms with Crippen molar-refractivity contribution in [3.8, 4) is 11.8 Å². The lowest BCUT2D eigenvalue weighted by Crippen LogP contribution is -2.59. The molecule has 2 aliphatic heterocycles. The largest absolute Gasteiger partial charge is 0.481 e. The summed E-state index contributed by atoms with van der Waals surface area (Å²) < 4.78 is 52.1. The summed E-state index contributed by atoms with van der Waals surface area (Å²) in [5.41, 5.74) is -1.66. The summed E-state index contributed by atoms with van der Waals surface area (Å²) in [6.45, 7) is 2.66. The Kier molecular flexibility index (Phi) is 10.4. The van der Waals surface area contributed by atoms with E-state index >= 15 is 0 Å². The Morgan fingerprint density at radius 2 is 1.94 bits per heavy atom. The van der Waals surface area contributed by atoms with Crippen LogP contribution in [0.5, 0.6) is 11.8 Å². The van der Waals surface area contributed by atoms with Crippen molar-refractivity contribution in [1.29, 1.82) is 0 Å². The number of sulfonamides is 1. The van der Waals surface area contributed by atoms with Crippen LogP contribution in [0, 0.1) is 17.8 Å². The number of aromatic nitrogens is 1. The van der Waals surface area contributed by atoms with Crippen molar-refractivity contribution in [1.82, 2.24) is 25.2 Å². The molecule has 14 nitrogen and oxygen atoms in total. The normalized spacial score (nSPS) is 30.8. The number of rotatable bonds is 9. The van der Waals surface area contributed by atoms with E-state index in [9.17, 15) is 37.1 Å². The molecule has 7 atom stereocenters. The minimum atomic E-state index is -4.39. The number of carbonyl (C=O) groups excluding carboxylic acids is 3. The fourth-order valence-corrected chi connectivity index (χ4v) is 9.02. The van der Waals surface area contributed by atoms with Crippen LogP contribution in [0.3, 0.4) is 0 Å². The third-order valence-corrected chi connectivity index (χ3v) is 13.2. The van der Waals surface area contributed by atoms with E-state index in [1.165, 1.54) is 12.0 Å². The summed E-state index contributed by atoms with van der Waals surface area (Å²) in [6.07, 6.45) is 4.05. The second kappa shape index (κ2) is 14.5. The van der Waals surface area contributed by atoms with Gasteiger partial charge in [-0.3, -0.25) is 19.1 Å². The minimum Gasteiger partial charge on any atom is -0.481 e. The maximum Gasteiger partial charge on any atom is 0.405 e. The van der Waals surface area contributed by atoms with Crippen LogP contribution < -0.4 is 24.8 Å². The van der Waals surface area contributed by atoms with Crippen LogP contribution in [0.2, 0.25) is 0 Å². The number of benzene rings is 1. The molecule has 6 rings (SSSR count). The molecular formula is C36H46FN5O9S. The Hall–Kier alpha value is -4.47. The molecule has 52 heavy (non-hydrogen) atoms. The third-order valence-electron chi connectivity index (χ3n) is 11.1. The first-order chi connectivity index (χ1) is 24.8. The Morgan fingerprint density at radius 1 is 1.19 bits per heavy atom. The fourth-order valence-electron chi connectivity index (χ4n) is 7.60. The van der Waals surface area contributed by atoms with Crippen LogP contribution in [-0.2, 0) is 24.4 Å². The average Bonchev–Trinajstić information content (AvgIpc) is 4.02. The van der Waals surface area contributed by atoms with Gasteiger partial charge in [-0.2, -0.15) is 4.98 Å². The molecule has 4 amide bonds. The first kappa shape index (κ1) is 37.3. The molecule has 2 saturated carbocycles. The number of nitrogens with zero attached hydrogens (tertiary/aromatic N) is 2. The van der Waals surface area contributed by atoms with Crippen molar-refractivity contribution in [3.63, 3.8) is 0 Å². The number of hydrogen-bond donors (Lipinski definition) is 4. The van der Waals surface area contributed by atoms with Gasteiger partial charge in [0.15, 0.2) is 0 Å². The van der Waals surface area contributed by atoms with Crippen LogP contribution in [0.1, 0.15) is 65.2 Å². The van der Waals surface area contributed by atoms with Crippen LogP contribution >= 0.6 is 0 Å². The van der Waals surface area contributed by atoms with Gasteiger partial charge in [-0.15, -0.1) is 0 Å². The average molecular weight is 744 g/mol. The number of carbonyl (C=O) groups is 4. The van der Waals surface area contributed by atoms with Crippen molar-refractivity contribution < 1.29 is 46.6 Å². The summed E-state index contributed by atoms with van der Waals surface area (Å²) >= 11 is 0. The summed E-state index contributed by atoms with van der Waals surface area (Å²) in [7, 11) is -2.92. The number of pyridine rings is 1. The number of methoxy groups -OCH3 is 1. The van der Waals surface area contributed by atoms with Crippen LogP contribution in [0.4, 0.5) is 9.18 Å². The number of hydrogen-bond acceptors (Lipinski definition) is 9. The molecule has 0 bridgehead atoms. The molecular weight excluding hydrogens is 697 g/mol. The standard InChI is InChI=1S/C36H46FN5O9S/c1-4-22-15-21(2)9-5-7-11-24-18-36(24,33(45)41-52(48,49)35(20-37)13-14-35)40-30(43)27-17-25(19-42(27)32(44)29(22)39-34(46)47)51-31-26-12-8-6-10-23(26)16-28(38-31)50-3/h6-8,10-12,16,21-22,24-25,27,29,39H,4-5,9,13-15,17-20H2,1-3H3,(H,40,43)(H,41,45)(H,46,47)/b11-7-/t21-,22-,24-,25-,27+,29+,36-/m1/s1. The quantitative estimate of drug-likeness (QED) is 0.277. The zero-order valence-electron chi connectivity index (χ0n) is 29.5. The predicted molar refractivity (Wildman–Crippen MR) is 188 cm³/mol. The molecule has 0 radical (unpaired) electrons. The molecule has 1 saturated heterocycles. The van der Waals surface area contributed by atoms with Gasteiger partial charge in [0.2, 0.25) is 33.6 Å². The van der Waals surface area contributed by atoms with Crippen LogP contribution in [0.25, 0.3) is 10.8 Å². The topological polar surface area (TPSA) is 193 Å². The second-order valence-electron chi connectivity index (χ2n) is 14.6. The summed E-state index contributed by atoms with van der Waals surface area (Å²) in [5.74, 6) is -2.66. The molecule has 16 heteroatoms. The zero-order chi connectivity index (χ0) is 37.4. The second-order valence-corrected chi connectivity index (χ2v) is 16.7. The molecule has 1 aromatic heterocycles. The van der Waals surface area contributed by atoms with Gasteiger partial charge >= 0.3 is 6.09 Å². The fraction of sp³-hybridized carbons (Fsp3) is 0.583. The summed E-state index contributed by atoms with van der Waals surface area (Å²) in [5, 5.41) is 16.5. The van der Waals surface area contributed by atoms with Gasteiger partial charge in [0.05, 0.1) is 13.7 Å². The highest BCUT2D eigenvalue weighted by Gasteiger charge is 2.64. The van der Waals surface area contributed by atoms with E-state index < -0.39 is 74.9 Å². The van der Waals surface area contributed by atoms with Gasteiger partial charge in [-0.25, -0.2) is 17.6 Å². The maximum atomic E-state index is 14.5. The first-order valence-electron chi connectivity index (χ1n) is 17.8. The Balaban J connectivity index is 1.36. The maximum absolute atomic E-state index is 14.5. The molecule has 2 aliphatic carbocycles. The Morgan fingerprint density at radius 3 is 2.62 bits per heavy atom. The highest BCUT2D eigenvalue weighted by Crippen LogP contribution is 2.48. The van der Waals surface area contributed by atoms with Gasteiger partial charge in [0, 0.05) is 23.8 Å². The van der Waals surface area contributed by atoms with E-state index in [0.717, 1.165) is 5.39 Å². The predicted octanol–water partition coefficient (Wildman–Crippen LogP) is 3.45. The molecule has 2 aromatic rings. The van der Waals surface area contributed by atoms with E-state index in [-0.39, 0.29) is 55.8 Å². The smallest absolute Gasteiger partial charge is 0.405 e. The van der Waals surface area contributed by atoms with Gasteiger partial charge in [-0.05, 0) is 61.8 Å². The lowest BCUT2D eigenvalue weighted by molar-refractivity contribution is -0.142. The van der Waals surface area contributed by atoms with Crippen molar-refractivity contribution >= 4 is 44.6 Å². The first-order valence-corrected chi connectivity index (χ1v) is 19.3. The lowest BCUT2D eigenvalue weighted by atomic mass is 9.85. The number of carboxylic acid groups (broad SMARTS) is 1. The molecule has 3 fully saturated rings. The van der Waals surface area contributed by atoms with Crippen LogP contribution in [0.15, 0.2) is 42.5 Å². The van der Waals surface area contributed by atoms with Crippen LogP contribution in [-0.4, -0.2) is 96.0 Å². The third kappa shape index (κ3) is 7.26. The minimum absolute atomic E-state index is 0.0424. The number of ether oxygens (including phenoxy) is 2. The van der Waals surface area contributed by atoms with Crippen molar-refractivity contribution in [2.75, 3.05) is 20.3 Å². The van der Waals surface area contributed by atoms with E-state index in [2.05, 4.69) is 20.3 Å². The lowest BCUT2D eigenvalue weighted by Gasteiger charge is -2.33. The SMILES string of the molecule is CC[C@@H]1C[C@H](C)CC/C=C\[C@@H]2C[C@@]2(C(=O)NS(=O)(=O)C2(CF)CC2)NC(=O)[C@@H]2C[C@@H](Oc3nc(OC)cc4ccccc34)CN2C(=O)[C@H]1NC(=O)O. The zero-order valence-corrected chi connectivity index (χ0v) is 30.3. The molecule has 0 spiro atoms. The molecule has 282 valence electrons. The number of halogens is 1. The number of amides is 4. The van der Waals surface area contributed by atoms with E-state index in [4.69, 9.17) is 9.47 Å². The molecule has 3 heterocycles. The Bertz CT molecular complexity index is 1870. The van der Waals surface area contributed by atoms with Crippen molar-refractivity contribution in [2.45, 2.75) is 93.7 Å². The van der Waals surface area contributed by atoms with E-state index in [1.54, 1.807) is 12.1 Å². The van der Waals surface area contributed by atoms with Crippen molar-refractivity contribution in [3.05, 3.63) is 42.5 Å². The molecule has 4 N–H and O–H groups in total. The van der Waals surface area contributed by atoms with E-state index in [1.807, 2.05) is 44.2 Å². The van der Waals surface area contributed by atoms with Gasteiger partial charge < -0.3 is 30.1 Å². The van der Waals surface area contributed by atoms with Gasteiger partial charge in [0.1, 0.15) is 35.1 Å². The highest BCUT2D eigenvalue weighted by molar-refractivity contribution is 7.91. The number of nitrogens with one attached hydrogen (secondary N) is 3. The number of fused-ring (bicyclic) bond motifs is 3. The number of alkyl halides is 1. The monoisotopic (exact) mass is 743 g/mol. The van der Waals surface area contributed by atoms with E-state index in [0.29, 0.717) is 31.1 Å². The molecule has 4 aliphatic rings. The van der Waals surface area contributed by atoms with Gasteiger partial charge in [0.25, 0.3) is 5.91 Å². The summed E-state index contributed by atoms with van der Waals surface area (Å²) in [4.78, 5) is 60.5. The highest BCUT2D eigenvalue weighted by atomic mass is 32.2. The summed E-state index contributed by atoms with van der Waals surface area (Å²) in [6, 6.07) is 6.68. The van der Waals surface area contributed by atoms with Gasteiger partial charge in [-0.1, -0.05) is 50.6 Å². The van der Waals surface area contributed by atoms with Crippen molar-refractivity contribution in [2.24, 2.45) is 17.8 Å².